The number of hydrazone groups is 1. The van der Waals surface area contributed by atoms with E-state index < -0.39 is 6.09 Å². The van der Waals surface area contributed by atoms with Gasteiger partial charge in [0, 0.05) is 30.1 Å². The summed E-state index contributed by atoms with van der Waals surface area (Å²) >= 11 is 0. The molecule has 1 fully saturated rings. The van der Waals surface area contributed by atoms with E-state index in [9.17, 15) is 9.59 Å². The molecule has 2 aliphatic heterocycles. The van der Waals surface area contributed by atoms with Crippen LogP contribution in [-0.2, 0) is 16.1 Å². The number of carbonyl (C=O) groups is 2. The van der Waals surface area contributed by atoms with Crippen LogP contribution in [0, 0.1) is 5.92 Å². The van der Waals surface area contributed by atoms with Crippen LogP contribution in [0.15, 0.2) is 47.6 Å². The molecule has 0 spiro atoms. The second-order valence-electron chi connectivity index (χ2n) is 9.68. The van der Waals surface area contributed by atoms with Crippen LogP contribution in [0.1, 0.15) is 50.2 Å². The van der Waals surface area contributed by atoms with E-state index in [1.807, 2.05) is 42.5 Å². The number of carbonyl (C=O) groups excluding carboxylic acids is 2. The summed E-state index contributed by atoms with van der Waals surface area (Å²) in [5.41, 5.74) is 3.32. The van der Waals surface area contributed by atoms with Crippen molar-refractivity contribution < 1.29 is 23.8 Å². The lowest BCUT2D eigenvalue weighted by atomic mass is 9.89. The number of nitrogens with one attached hydrogen (secondary N) is 1. The van der Waals surface area contributed by atoms with Crippen molar-refractivity contribution in [3.05, 3.63) is 53.6 Å². The zero-order valence-electron chi connectivity index (χ0n) is 22.6. The second-order valence-corrected chi connectivity index (χ2v) is 9.68. The van der Waals surface area contributed by atoms with E-state index in [1.165, 1.54) is 17.9 Å². The highest BCUT2D eigenvalue weighted by Crippen LogP contribution is 2.31. The molecule has 2 aromatic carbocycles. The van der Waals surface area contributed by atoms with Gasteiger partial charge >= 0.3 is 6.09 Å². The Bertz CT molecular complexity index is 1130. The van der Waals surface area contributed by atoms with Crippen LogP contribution in [-0.4, -0.2) is 68.1 Å². The number of methoxy groups -OCH3 is 2. The molecule has 9 heteroatoms. The van der Waals surface area contributed by atoms with Crippen LogP contribution in [0.2, 0.25) is 0 Å². The number of rotatable bonds is 11. The van der Waals surface area contributed by atoms with Crippen LogP contribution in [0.5, 0.6) is 11.5 Å². The van der Waals surface area contributed by atoms with Crippen molar-refractivity contribution >= 4 is 23.4 Å². The van der Waals surface area contributed by atoms with E-state index in [0.717, 1.165) is 49.3 Å². The van der Waals surface area contributed by atoms with Crippen molar-refractivity contribution in [2.24, 2.45) is 11.0 Å². The first-order valence-corrected chi connectivity index (χ1v) is 13.4. The van der Waals surface area contributed by atoms with Gasteiger partial charge in [0.05, 0.1) is 33.1 Å². The Morgan fingerprint density at radius 3 is 2.47 bits per heavy atom. The molecular weight excluding hydrogens is 484 g/mol. The molecule has 1 unspecified atom stereocenters. The van der Waals surface area contributed by atoms with Crippen molar-refractivity contribution in [2.75, 3.05) is 45.8 Å². The number of likely N-dealkylation sites (tertiary alicyclic amines) is 1. The Morgan fingerprint density at radius 1 is 1.05 bits per heavy atom. The lowest BCUT2D eigenvalue weighted by molar-refractivity contribution is -0.133. The van der Waals surface area contributed by atoms with Gasteiger partial charge in [-0.1, -0.05) is 19.1 Å². The normalized spacial score (nSPS) is 17.8. The predicted octanol–water partition coefficient (Wildman–Crippen LogP) is 4.90. The molecule has 0 aromatic heterocycles. The maximum atomic E-state index is 12.9. The fourth-order valence-corrected chi connectivity index (χ4v) is 4.91. The third kappa shape index (κ3) is 7.04. The van der Waals surface area contributed by atoms with Crippen LogP contribution < -0.4 is 14.8 Å². The van der Waals surface area contributed by atoms with Gasteiger partial charge in [-0.15, -0.1) is 0 Å². The summed E-state index contributed by atoms with van der Waals surface area (Å²) in [5.74, 6) is 1.29. The number of ether oxygens (including phenoxy) is 3. The van der Waals surface area contributed by atoms with Gasteiger partial charge in [-0.3, -0.25) is 10.1 Å². The first kappa shape index (κ1) is 27.4. The molecule has 38 heavy (non-hydrogen) atoms. The molecular formula is C29H38N4O5. The molecule has 1 saturated heterocycles. The van der Waals surface area contributed by atoms with Crippen LogP contribution in [0.4, 0.5) is 10.5 Å². The Morgan fingerprint density at radius 2 is 1.79 bits per heavy atom. The van der Waals surface area contributed by atoms with Crippen molar-refractivity contribution in [1.29, 1.82) is 0 Å². The third-order valence-corrected chi connectivity index (χ3v) is 7.08. The molecule has 9 nitrogen and oxygen atoms in total. The molecule has 2 aromatic rings. The molecule has 1 atom stereocenters. The quantitative estimate of drug-likeness (QED) is 0.422. The number of nitrogens with zero attached hydrogens (tertiary/aromatic N) is 3. The van der Waals surface area contributed by atoms with Gasteiger partial charge in [0.2, 0.25) is 5.91 Å². The fourth-order valence-electron chi connectivity index (χ4n) is 4.91. The predicted molar refractivity (Wildman–Crippen MR) is 147 cm³/mol. The highest BCUT2D eigenvalue weighted by atomic mass is 16.5. The molecule has 2 heterocycles. The first-order valence-electron chi connectivity index (χ1n) is 13.4. The Labute approximate surface area is 224 Å². The largest absolute Gasteiger partial charge is 0.493 e. The third-order valence-electron chi connectivity index (χ3n) is 7.08. The van der Waals surface area contributed by atoms with Gasteiger partial charge < -0.3 is 19.1 Å². The standard InChI is InChI=1S/C29H38N4O5/c1-4-22-19-27(34)33(31-28(22)23-10-13-25(36-2)26(18-23)37-3)20-21-8-11-24(12-9-21)30-29(35)38-17-7-16-32-14-5-6-15-32/h8-13,18,22H,4-7,14-17,19-20H2,1-3H3,(H,30,35). The fraction of sp³-hybridized carbons (Fsp3) is 0.483. The number of hydrogen-bond donors (Lipinski definition) is 1. The molecule has 0 radical (unpaired) electrons. The molecule has 0 bridgehead atoms. The smallest absolute Gasteiger partial charge is 0.411 e. The lowest BCUT2D eigenvalue weighted by Crippen LogP contribution is -2.36. The van der Waals surface area contributed by atoms with Crippen LogP contribution in [0.25, 0.3) is 0 Å². The monoisotopic (exact) mass is 522 g/mol. The van der Waals surface area contributed by atoms with E-state index in [0.29, 0.717) is 36.8 Å². The summed E-state index contributed by atoms with van der Waals surface area (Å²) in [7, 11) is 3.20. The molecule has 2 amide bonds. The van der Waals surface area contributed by atoms with E-state index in [1.54, 1.807) is 14.2 Å². The highest BCUT2D eigenvalue weighted by Gasteiger charge is 2.29. The van der Waals surface area contributed by atoms with Crippen molar-refractivity contribution in [3.63, 3.8) is 0 Å². The molecule has 0 aliphatic carbocycles. The Kier molecular flexibility index (Phi) is 9.59. The first-order chi connectivity index (χ1) is 18.5. The summed E-state index contributed by atoms with van der Waals surface area (Å²) in [6, 6.07) is 13.1. The van der Waals surface area contributed by atoms with Gasteiger partial charge in [-0.25, -0.2) is 9.80 Å². The van der Waals surface area contributed by atoms with E-state index in [2.05, 4.69) is 17.1 Å². The molecule has 0 saturated carbocycles. The van der Waals surface area contributed by atoms with E-state index >= 15 is 0 Å². The van der Waals surface area contributed by atoms with Crippen molar-refractivity contribution in [2.45, 2.75) is 45.6 Å². The van der Waals surface area contributed by atoms with Crippen molar-refractivity contribution in [3.8, 4) is 11.5 Å². The highest BCUT2D eigenvalue weighted by molar-refractivity contribution is 6.06. The average Bonchev–Trinajstić information content (AvgIpc) is 3.46. The lowest BCUT2D eigenvalue weighted by Gasteiger charge is -2.29. The van der Waals surface area contributed by atoms with Gasteiger partial charge in [0.1, 0.15) is 0 Å². The number of amides is 2. The molecule has 1 N–H and O–H groups in total. The summed E-state index contributed by atoms with van der Waals surface area (Å²) < 4.78 is 16.1. The molecule has 204 valence electrons. The number of anilines is 1. The zero-order chi connectivity index (χ0) is 26.9. The maximum Gasteiger partial charge on any atom is 0.411 e. The van der Waals surface area contributed by atoms with Gasteiger partial charge in [0.25, 0.3) is 0 Å². The minimum absolute atomic E-state index is 0.0132. The Hall–Kier alpha value is -3.59. The number of hydrogen-bond acceptors (Lipinski definition) is 7. The van der Waals surface area contributed by atoms with Crippen molar-refractivity contribution in [1.82, 2.24) is 9.91 Å². The zero-order valence-corrected chi connectivity index (χ0v) is 22.6. The molecule has 2 aliphatic rings. The minimum atomic E-state index is -0.458. The SMILES string of the molecule is CCC1CC(=O)N(Cc2ccc(NC(=O)OCCCN3CCCC3)cc2)N=C1c1ccc(OC)c(OC)c1. The topological polar surface area (TPSA) is 92.7 Å². The van der Waals surface area contributed by atoms with Crippen LogP contribution in [0.3, 0.4) is 0 Å². The van der Waals surface area contributed by atoms with Gasteiger partial charge in [-0.2, -0.15) is 5.10 Å². The summed E-state index contributed by atoms with van der Waals surface area (Å²) in [4.78, 5) is 27.4. The number of benzene rings is 2. The summed E-state index contributed by atoms with van der Waals surface area (Å²) in [6.45, 7) is 6.05. The Balaban J connectivity index is 1.35. The van der Waals surface area contributed by atoms with Gasteiger partial charge in [-0.05, 0) is 74.7 Å². The van der Waals surface area contributed by atoms with E-state index in [4.69, 9.17) is 19.3 Å². The maximum absolute atomic E-state index is 12.9. The van der Waals surface area contributed by atoms with E-state index in [-0.39, 0.29) is 11.8 Å². The second kappa shape index (κ2) is 13.3. The molecule has 4 rings (SSSR count). The van der Waals surface area contributed by atoms with Crippen LogP contribution >= 0.6 is 0 Å². The summed E-state index contributed by atoms with van der Waals surface area (Å²) in [6.07, 6.45) is 4.09. The van der Waals surface area contributed by atoms with Gasteiger partial charge in [0.15, 0.2) is 11.5 Å². The minimum Gasteiger partial charge on any atom is -0.493 e. The average molecular weight is 523 g/mol. The summed E-state index contributed by atoms with van der Waals surface area (Å²) in [5, 5.41) is 9.05.